The van der Waals surface area contributed by atoms with Gasteiger partial charge in [0.15, 0.2) is 28.4 Å². The molecule has 1 aromatic rings. The van der Waals surface area contributed by atoms with E-state index in [9.17, 15) is 22.0 Å². The maximum absolute atomic E-state index is 13.7. The molecular formula is C15H18F5N3S. The summed E-state index contributed by atoms with van der Waals surface area (Å²) in [5, 5.41) is 4.83. The summed E-state index contributed by atoms with van der Waals surface area (Å²) >= 11 is 4.98. The first kappa shape index (κ1) is 18.9. The van der Waals surface area contributed by atoms with Crippen molar-refractivity contribution in [2.45, 2.75) is 37.8 Å². The maximum atomic E-state index is 13.7. The molecule has 24 heavy (non-hydrogen) atoms. The molecule has 0 aliphatic heterocycles. The normalized spacial score (nSPS) is 21.0. The van der Waals surface area contributed by atoms with Gasteiger partial charge in [-0.3, -0.25) is 0 Å². The van der Waals surface area contributed by atoms with Crippen molar-refractivity contribution < 1.29 is 22.0 Å². The topological polar surface area (TPSA) is 27.3 Å². The Hall–Kier alpha value is -1.48. The van der Waals surface area contributed by atoms with E-state index in [0.29, 0.717) is 0 Å². The van der Waals surface area contributed by atoms with Crippen molar-refractivity contribution in [1.29, 1.82) is 0 Å². The lowest BCUT2D eigenvalue weighted by atomic mass is 9.90. The number of thiocarbonyl (C=S) groups is 1. The first-order valence-electron chi connectivity index (χ1n) is 7.49. The fraction of sp³-hybridized carbons (Fsp3) is 0.533. The van der Waals surface area contributed by atoms with E-state index in [-0.39, 0.29) is 17.2 Å². The van der Waals surface area contributed by atoms with Crippen molar-refractivity contribution in [3.8, 4) is 0 Å². The Balaban J connectivity index is 2.15. The predicted molar refractivity (Wildman–Crippen MR) is 85.3 cm³/mol. The molecule has 134 valence electrons. The van der Waals surface area contributed by atoms with Gasteiger partial charge in [0, 0.05) is 12.1 Å². The van der Waals surface area contributed by atoms with E-state index in [1.165, 1.54) is 0 Å². The minimum Gasteiger partial charge on any atom is -0.358 e. The molecule has 2 atom stereocenters. The highest BCUT2D eigenvalue weighted by molar-refractivity contribution is 7.80. The van der Waals surface area contributed by atoms with Crippen LogP contribution in [0, 0.1) is 29.1 Å². The highest BCUT2D eigenvalue weighted by Crippen LogP contribution is 2.27. The number of hydrogen-bond acceptors (Lipinski definition) is 2. The summed E-state index contributed by atoms with van der Waals surface area (Å²) in [5.74, 6) is -10.1. The number of hydrogen-bond donors (Lipinski definition) is 2. The first-order valence-corrected chi connectivity index (χ1v) is 7.90. The van der Waals surface area contributed by atoms with Crippen LogP contribution in [0.2, 0.25) is 0 Å². The summed E-state index contributed by atoms with van der Waals surface area (Å²) in [7, 11) is 3.82. The second-order valence-electron chi connectivity index (χ2n) is 5.97. The fourth-order valence-electron chi connectivity index (χ4n) is 2.93. The van der Waals surface area contributed by atoms with E-state index >= 15 is 0 Å². The average Bonchev–Trinajstić information content (AvgIpc) is 2.55. The second kappa shape index (κ2) is 7.60. The summed E-state index contributed by atoms with van der Waals surface area (Å²) in [6, 6.07) is 0.0879. The van der Waals surface area contributed by atoms with Gasteiger partial charge in [-0.25, -0.2) is 22.0 Å². The quantitative estimate of drug-likeness (QED) is 0.370. The molecule has 0 amide bonds. The highest BCUT2D eigenvalue weighted by Gasteiger charge is 2.29. The summed E-state index contributed by atoms with van der Waals surface area (Å²) in [5.41, 5.74) is -1.15. The van der Waals surface area contributed by atoms with Crippen molar-refractivity contribution in [3.63, 3.8) is 0 Å². The van der Waals surface area contributed by atoms with Crippen LogP contribution in [-0.4, -0.2) is 36.2 Å². The van der Waals surface area contributed by atoms with Crippen LogP contribution >= 0.6 is 12.2 Å². The molecule has 1 fully saturated rings. The van der Waals surface area contributed by atoms with Gasteiger partial charge in [0.1, 0.15) is 5.69 Å². The summed E-state index contributed by atoms with van der Waals surface area (Å²) < 4.78 is 66.8. The van der Waals surface area contributed by atoms with Crippen LogP contribution in [-0.2, 0) is 0 Å². The van der Waals surface area contributed by atoms with E-state index in [1.54, 1.807) is 0 Å². The fourth-order valence-corrected chi connectivity index (χ4v) is 3.18. The van der Waals surface area contributed by atoms with Crippen LogP contribution < -0.4 is 10.6 Å². The second-order valence-corrected chi connectivity index (χ2v) is 6.37. The molecule has 0 aromatic heterocycles. The lowest BCUT2D eigenvalue weighted by Crippen LogP contribution is -2.52. The molecule has 1 aliphatic rings. The van der Waals surface area contributed by atoms with Crippen LogP contribution in [0.15, 0.2) is 0 Å². The predicted octanol–water partition coefficient (Wildman–Crippen LogP) is 3.54. The zero-order valence-corrected chi connectivity index (χ0v) is 14.0. The number of rotatable bonds is 3. The third-order valence-electron chi connectivity index (χ3n) is 4.16. The van der Waals surface area contributed by atoms with Gasteiger partial charge in [0.05, 0.1) is 0 Å². The Morgan fingerprint density at radius 1 is 0.917 bits per heavy atom. The van der Waals surface area contributed by atoms with Crippen molar-refractivity contribution in [2.75, 3.05) is 19.4 Å². The zero-order chi connectivity index (χ0) is 18.0. The van der Waals surface area contributed by atoms with Crippen molar-refractivity contribution in [1.82, 2.24) is 10.2 Å². The third kappa shape index (κ3) is 3.77. The Labute approximate surface area is 142 Å². The summed E-state index contributed by atoms with van der Waals surface area (Å²) in [6.07, 6.45) is 3.74. The van der Waals surface area contributed by atoms with Crippen LogP contribution in [0.3, 0.4) is 0 Å². The number of halogens is 5. The molecule has 0 saturated heterocycles. The molecule has 0 heterocycles. The largest absolute Gasteiger partial charge is 0.358 e. The van der Waals surface area contributed by atoms with Crippen molar-refractivity contribution >= 4 is 23.0 Å². The van der Waals surface area contributed by atoms with Gasteiger partial charge in [-0.2, -0.15) is 0 Å². The smallest absolute Gasteiger partial charge is 0.200 e. The summed E-state index contributed by atoms with van der Waals surface area (Å²) in [4.78, 5) is 2.01. The lowest BCUT2D eigenvalue weighted by Gasteiger charge is -2.37. The van der Waals surface area contributed by atoms with Crippen LogP contribution in [0.1, 0.15) is 25.7 Å². The molecule has 3 nitrogen and oxygen atoms in total. The Morgan fingerprint density at radius 2 is 1.42 bits per heavy atom. The molecule has 9 heteroatoms. The molecule has 1 aromatic carbocycles. The zero-order valence-electron chi connectivity index (χ0n) is 13.2. The molecule has 1 saturated carbocycles. The van der Waals surface area contributed by atoms with E-state index < -0.39 is 34.8 Å². The molecule has 1 unspecified atom stereocenters. The monoisotopic (exact) mass is 367 g/mol. The standard InChI is InChI=1S/C15H18F5N3S/c1-23(2)8-6-4-3-5-7(8)21-15(24)22-14-12(19)10(17)9(16)11(18)13(14)20/h7-8H,3-6H2,1-2H3,(H2,21,22,24)/t7-,8?/m1/s1. The third-order valence-corrected chi connectivity index (χ3v) is 4.38. The van der Waals surface area contributed by atoms with Gasteiger partial charge < -0.3 is 15.5 Å². The van der Waals surface area contributed by atoms with Gasteiger partial charge in [-0.15, -0.1) is 0 Å². The molecule has 0 spiro atoms. The minimum atomic E-state index is -2.20. The van der Waals surface area contributed by atoms with Crippen molar-refractivity contribution in [3.05, 3.63) is 29.1 Å². The minimum absolute atomic E-state index is 0.0741. The number of nitrogens with zero attached hydrogens (tertiary/aromatic N) is 1. The van der Waals surface area contributed by atoms with E-state index in [1.807, 2.05) is 19.0 Å². The van der Waals surface area contributed by atoms with E-state index in [0.717, 1.165) is 25.7 Å². The van der Waals surface area contributed by atoms with Crippen LogP contribution in [0.5, 0.6) is 0 Å². The number of nitrogens with one attached hydrogen (secondary N) is 2. The van der Waals surface area contributed by atoms with Crippen LogP contribution in [0.4, 0.5) is 27.6 Å². The first-order chi connectivity index (χ1) is 11.2. The Bertz CT molecular complexity index is 609. The Kier molecular flexibility index (Phi) is 5.97. The lowest BCUT2D eigenvalue weighted by molar-refractivity contribution is 0.190. The highest BCUT2D eigenvalue weighted by atomic mass is 32.1. The molecule has 0 bridgehead atoms. The Morgan fingerprint density at radius 3 is 1.96 bits per heavy atom. The maximum Gasteiger partial charge on any atom is 0.200 e. The van der Waals surface area contributed by atoms with Gasteiger partial charge in [0.2, 0.25) is 5.82 Å². The number of benzene rings is 1. The molecular weight excluding hydrogens is 349 g/mol. The van der Waals surface area contributed by atoms with E-state index in [4.69, 9.17) is 12.2 Å². The van der Waals surface area contributed by atoms with Gasteiger partial charge >= 0.3 is 0 Å². The number of likely N-dealkylation sites (N-methyl/N-ethyl adjacent to an activating group) is 1. The van der Waals surface area contributed by atoms with Gasteiger partial charge in [0.25, 0.3) is 0 Å². The summed E-state index contributed by atoms with van der Waals surface area (Å²) in [6.45, 7) is 0. The number of anilines is 1. The van der Waals surface area contributed by atoms with Gasteiger partial charge in [-0.05, 0) is 39.2 Å². The van der Waals surface area contributed by atoms with Crippen molar-refractivity contribution in [2.24, 2.45) is 0 Å². The average molecular weight is 367 g/mol. The molecule has 1 aliphatic carbocycles. The molecule has 2 rings (SSSR count). The van der Waals surface area contributed by atoms with E-state index in [2.05, 4.69) is 10.6 Å². The molecule has 2 N–H and O–H groups in total. The SMILES string of the molecule is CN(C)C1CCCC[C@H]1NC(=S)Nc1c(F)c(F)c(F)c(F)c1F. The van der Waals surface area contributed by atoms with Crippen LogP contribution in [0.25, 0.3) is 0 Å². The molecule has 0 radical (unpaired) electrons. The van der Waals surface area contributed by atoms with Gasteiger partial charge in [-0.1, -0.05) is 12.8 Å².